The van der Waals surface area contributed by atoms with Crippen LogP contribution in [0.1, 0.15) is 10.4 Å². The minimum absolute atomic E-state index is 0.0451. The molecule has 1 aromatic heterocycles. The van der Waals surface area contributed by atoms with E-state index in [0.29, 0.717) is 10.9 Å². The number of rotatable bonds is 2. The van der Waals surface area contributed by atoms with Crippen LogP contribution in [0, 0.1) is 0 Å². The Morgan fingerprint density at radius 3 is 3.11 bits per heavy atom. The molecule has 3 nitrogen and oxygen atoms in total. The predicted molar refractivity (Wildman–Crippen MR) is 36.7 cm³/mol. The SMILES string of the molecule is O=C(CBr)c1cn[nH]c1. The molecule has 0 aromatic carbocycles. The van der Waals surface area contributed by atoms with Crippen LogP contribution < -0.4 is 0 Å². The number of carbonyl (C=O) groups is 1. The Hall–Kier alpha value is -0.640. The van der Waals surface area contributed by atoms with Crippen molar-refractivity contribution in [3.05, 3.63) is 18.0 Å². The zero-order chi connectivity index (χ0) is 6.69. The number of H-pyrrole nitrogens is 1. The van der Waals surface area contributed by atoms with Gasteiger partial charge in [0.05, 0.1) is 17.1 Å². The van der Waals surface area contributed by atoms with E-state index >= 15 is 0 Å². The van der Waals surface area contributed by atoms with Crippen molar-refractivity contribution in [1.29, 1.82) is 0 Å². The Balaban J connectivity index is 2.77. The normalized spacial score (nSPS) is 9.44. The van der Waals surface area contributed by atoms with E-state index in [9.17, 15) is 4.79 Å². The van der Waals surface area contributed by atoms with E-state index in [-0.39, 0.29) is 5.78 Å². The number of Topliss-reactive ketones (excluding diaryl/α,β-unsaturated/α-hetero) is 1. The highest BCUT2D eigenvalue weighted by molar-refractivity contribution is 9.09. The maximum Gasteiger partial charge on any atom is 0.176 e. The van der Waals surface area contributed by atoms with Crippen LogP contribution in [0.2, 0.25) is 0 Å². The Morgan fingerprint density at radius 2 is 2.67 bits per heavy atom. The van der Waals surface area contributed by atoms with Gasteiger partial charge >= 0.3 is 0 Å². The predicted octanol–water partition coefficient (Wildman–Crippen LogP) is 0.987. The Morgan fingerprint density at radius 1 is 1.89 bits per heavy atom. The number of halogens is 1. The molecule has 1 heterocycles. The molecule has 1 aromatic rings. The third-order valence-electron chi connectivity index (χ3n) is 0.942. The number of hydrogen-bond donors (Lipinski definition) is 1. The Labute approximate surface area is 60.6 Å². The fourth-order valence-electron chi connectivity index (χ4n) is 0.481. The van der Waals surface area contributed by atoms with E-state index in [0.717, 1.165) is 0 Å². The van der Waals surface area contributed by atoms with Gasteiger partial charge in [-0.05, 0) is 0 Å². The van der Waals surface area contributed by atoms with Crippen LogP contribution in [0.15, 0.2) is 12.4 Å². The third-order valence-corrected chi connectivity index (χ3v) is 1.45. The summed E-state index contributed by atoms with van der Waals surface area (Å²) in [6, 6.07) is 0. The topological polar surface area (TPSA) is 45.8 Å². The molecule has 0 unspecified atom stereocenters. The third kappa shape index (κ3) is 1.38. The van der Waals surface area contributed by atoms with Gasteiger partial charge in [0.1, 0.15) is 0 Å². The van der Waals surface area contributed by atoms with Gasteiger partial charge in [0.2, 0.25) is 0 Å². The molecular weight excluding hydrogens is 184 g/mol. The van der Waals surface area contributed by atoms with Gasteiger partial charge < -0.3 is 0 Å². The van der Waals surface area contributed by atoms with Gasteiger partial charge in [0, 0.05) is 6.20 Å². The summed E-state index contributed by atoms with van der Waals surface area (Å²) in [4.78, 5) is 10.8. The molecule has 9 heavy (non-hydrogen) atoms. The van der Waals surface area contributed by atoms with Crippen LogP contribution in [0.4, 0.5) is 0 Å². The van der Waals surface area contributed by atoms with Crippen molar-refractivity contribution < 1.29 is 4.79 Å². The van der Waals surface area contributed by atoms with Crippen LogP contribution in [0.5, 0.6) is 0 Å². The highest BCUT2D eigenvalue weighted by atomic mass is 79.9. The summed E-state index contributed by atoms with van der Waals surface area (Å²) < 4.78 is 0. The summed E-state index contributed by atoms with van der Waals surface area (Å²) >= 11 is 3.04. The monoisotopic (exact) mass is 188 g/mol. The number of alkyl halides is 1. The van der Waals surface area contributed by atoms with Crippen molar-refractivity contribution in [2.24, 2.45) is 0 Å². The summed E-state index contributed by atoms with van der Waals surface area (Å²) in [5, 5.41) is 6.53. The fourth-order valence-corrected chi connectivity index (χ4v) is 0.804. The molecule has 0 bridgehead atoms. The van der Waals surface area contributed by atoms with E-state index < -0.39 is 0 Å². The zero-order valence-corrected chi connectivity index (χ0v) is 6.18. The Kier molecular flexibility index (Phi) is 2.00. The molecule has 0 saturated heterocycles. The number of carbonyl (C=O) groups excluding carboxylic acids is 1. The van der Waals surface area contributed by atoms with E-state index in [4.69, 9.17) is 0 Å². The number of aromatic nitrogens is 2. The summed E-state index contributed by atoms with van der Waals surface area (Å²) in [5.41, 5.74) is 0.617. The van der Waals surface area contributed by atoms with Gasteiger partial charge in [-0.2, -0.15) is 5.10 Å². The number of hydrogen-bond acceptors (Lipinski definition) is 2. The van der Waals surface area contributed by atoms with E-state index in [1.165, 1.54) is 6.20 Å². The van der Waals surface area contributed by atoms with Crippen LogP contribution in [0.25, 0.3) is 0 Å². The molecule has 0 amide bonds. The average Bonchev–Trinajstić information content (AvgIpc) is 2.37. The van der Waals surface area contributed by atoms with Crippen LogP contribution >= 0.6 is 15.9 Å². The minimum atomic E-state index is 0.0451. The molecule has 0 spiro atoms. The van der Waals surface area contributed by atoms with Crippen LogP contribution in [-0.4, -0.2) is 21.3 Å². The number of ketones is 1. The van der Waals surface area contributed by atoms with Gasteiger partial charge in [-0.1, -0.05) is 15.9 Å². The van der Waals surface area contributed by atoms with Gasteiger partial charge in [0.15, 0.2) is 5.78 Å². The smallest absolute Gasteiger partial charge is 0.176 e. The van der Waals surface area contributed by atoms with E-state index in [2.05, 4.69) is 26.1 Å². The van der Waals surface area contributed by atoms with Crippen molar-refractivity contribution in [2.45, 2.75) is 0 Å². The first-order valence-electron chi connectivity index (χ1n) is 2.42. The van der Waals surface area contributed by atoms with Crippen LogP contribution in [-0.2, 0) is 0 Å². The van der Waals surface area contributed by atoms with Crippen LogP contribution in [0.3, 0.4) is 0 Å². The van der Waals surface area contributed by atoms with Crippen molar-refractivity contribution in [3.63, 3.8) is 0 Å². The first kappa shape index (κ1) is 6.48. The fraction of sp³-hybridized carbons (Fsp3) is 0.200. The largest absolute Gasteiger partial charge is 0.293 e. The summed E-state index contributed by atoms with van der Waals surface area (Å²) in [6.07, 6.45) is 3.08. The quantitative estimate of drug-likeness (QED) is 0.556. The van der Waals surface area contributed by atoms with Gasteiger partial charge in [0.25, 0.3) is 0 Å². The standard InChI is InChI=1S/C5H5BrN2O/c6-1-5(9)4-2-7-8-3-4/h2-3H,1H2,(H,7,8). The van der Waals surface area contributed by atoms with Crippen molar-refractivity contribution in [3.8, 4) is 0 Å². The molecule has 1 rings (SSSR count). The molecule has 0 radical (unpaired) electrons. The van der Waals surface area contributed by atoms with Gasteiger partial charge in [-0.25, -0.2) is 0 Å². The second-order valence-corrected chi connectivity index (χ2v) is 2.10. The number of nitrogens with one attached hydrogen (secondary N) is 1. The highest BCUT2D eigenvalue weighted by Gasteiger charge is 2.02. The zero-order valence-electron chi connectivity index (χ0n) is 4.60. The lowest BCUT2D eigenvalue weighted by Crippen LogP contribution is -1.96. The molecule has 0 aliphatic rings. The maximum atomic E-state index is 10.8. The minimum Gasteiger partial charge on any atom is -0.293 e. The molecular formula is C5H5BrN2O. The molecule has 0 aliphatic carbocycles. The molecule has 48 valence electrons. The Bertz CT molecular complexity index is 195. The lowest BCUT2D eigenvalue weighted by atomic mass is 10.3. The summed E-state index contributed by atoms with van der Waals surface area (Å²) in [6.45, 7) is 0. The number of aromatic amines is 1. The second kappa shape index (κ2) is 2.77. The molecule has 4 heteroatoms. The van der Waals surface area contributed by atoms with Crippen molar-refractivity contribution in [2.75, 3.05) is 5.33 Å². The van der Waals surface area contributed by atoms with Crippen molar-refractivity contribution in [1.82, 2.24) is 10.2 Å². The highest BCUT2D eigenvalue weighted by Crippen LogP contribution is 1.97. The van der Waals surface area contributed by atoms with Gasteiger partial charge in [-0.3, -0.25) is 9.89 Å². The average molecular weight is 189 g/mol. The first-order valence-corrected chi connectivity index (χ1v) is 3.54. The van der Waals surface area contributed by atoms with E-state index in [1.54, 1.807) is 6.20 Å². The summed E-state index contributed by atoms with van der Waals surface area (Å²) in [5.74, 6) is 0.0451. The molecule has 0 aliphatic heterocycles. The maximum absolute atomic E-state index is 10.8. The summed E-state index contributed by atoms with van der Waals surface area (Å²) in [7, 11) is 0. The number of nitrogens with zero attached hydrogens (tertiary/aromatic N) is 1. The van der Waals surface area contributed by atoms with Crippen molar-refractivity contribution >= 4 is 21.7 Å². The second-order valence-electron chi connectivity index (χ2n) is 1.54. The molecule has 0 atom stereocenters. The molecule has 0 fully saturated rings. The first-order chi connectivity index (χ1) is 4.34. The lowest BCUT2D eigenvalue weighted by Gasteiger charge is -1.84. The van der Waals surface area contributed by atoms with E-state index in [1.807, 2.05) is 0 Å². The van der Waals surface area contributed by atoms with Gasteiger partial charge in [-0.15, -0.1) is 0 Å². The molecule has 0 saturated carbocycles. The molecule has 1 N–H and O–H groups in total. The lowest BCUT2D eigenvalue weighted by molar-refractivity contribution is 0.102.